The Bertz CT molecular complexity index is 851. The molecule has 0 amide bonds. The fourth-order valence-corrected chi connectivity index (χ4v) is 3.56. The van der Waals surface area contributed by atoms with Crippen LogP contribution in [0.4, 0.5) is 4.39 Å². The van der Waals surface area contributed by atoms with Gasteiger partial charge in [-0.25, -0.2) is 9.18 Å². The van der Waals surface area contributed by atoms with Crippen molar-refractivity contribution in [2.24, 2.45) is 0 Å². The first-order chi connectivity index (χ1) is 15.9. The highest BCUT2D eigenvalue weighted by molar-refractivity contribution is 9.09. The summed E-state index contributed by atoms with van der Waals surface area (Å²) < 4.78 is 18.2. The van der Waals surface area contributed by atoms with E-state index in [2.05, 4.69) is 39.6 Å². The molecule has 0 spiro atoms. The van der Waals surface area contributed by atoms with E-state index < -0.39 is 5.97 Å². The van der Waals surface area contributed by atoms with E-state index in [-0.39, 0.29) is 5.82 Å². The van der Waals surface area contributed by atoms with Gasteiger partial charge in [0.2, 0.25) is 0 Å². The van der Waals surface area contributed by atoms with E-state index >= 15 is 0 Å². The first kappa shape index (κ1) is 30.6. The van der Waals surface area contributed by atoms with Crippen LogP contribution in [0.1, 0.15) is 53.0 Å². The molecular weight excluding hydrogens is 481 g/mol. The molecule has 3 nitrogen and oxygen atoms in total. The monoisotopic (exact) mass is 519 g/mol. The highest BCUT2D eigenvalue weighted by atomic mass is 79.9. The van der Waals surface area contributed by atoms with Gasteiger partial charge in [-0.3, -0.25) is 0 Å². The summed E-state index contributed by atoms with van der Waals surface area (Å²) in [6.45, 7) is 15.0. The minimum absolute atomic E-state index is 0.240. The summed E-state index contributed by atoms with van der Waals surface area (Å²) in [5.74, 6) is -0.631. The molecule has 0 fully saturated rings. The molecule has 1 rings (SSSR count). The standard InChI is InChI=1S/C26H33BrFNO2.C2H6/c1-6-9-22(19-23(10-7-2)26(30)31-5)20(4)29(25(8-3)15-17-27)18-16-21-11-13-24(28)14-12-21;1-2/h7-14,19H,4,6,15-18H2,1-3,5H3;1-2H3/b10-7-,22-9-,23-19+,25-8-;. The number of hydrogen-bond acceptors (Lipinski definition) is 3. The highest BCUT2D eigenvalue weighted by Crippen LogP contribution is 2.25. The SMILES string of the molecule is C=C(C(=C\CC)/C=C(\C=C/C)C(=O)OC)N(CCc1ccc(F)cc1)/C(=C\C)CCBr.CC. The molecule has 5 heteroatoms. The van der Waals surface area contributed by atoms with E-state index in [0.29, 0.717) is 12.1 Å². The van der Waals surface area contributed by atoms with Crippen LogP contribution in [0.3, 0.4) is 0 Å². The number of esters is 1. The molecule has 182 valence electrons. The Morgan fingerprint density at radius 3 is 2.30 bits per heavy atom. The van der Waals surface area contributed by atoms with Gasteiger partial charge in [-0.05, 0) is 62.5 Å². The van der Waals surface area contributed by atoms with Crippen LogP contribution in [-0.4, -0.2) is 29.9 Å². The van der Waals surface area contributed by atoms with Crippen molar-refractivity contribution in [2.45, 2.75) is 53.9 Å². The molecule has 0 aliphatic heterocycles. The Balaban J connectivity index is 0.00000497. The van der Waals surface area contributed by atoms with Gasteiger partial charge in [0, 0.05) is 23.3 Å². The van der Waals surface area contributed by atoms with Crippen molar-refractivity contribution < 1.29 is 13.9 Å². The van der Waals surface area contributed by atoms with E-state index in [1.165, 1.54) is 19.2 Å². The minimum atomic E-state index is -0.391. The summed E-state index contributed by atoms with van der Waals surface area (Å²) in [5.41, 5.74) is 4.32. The van der Waals surface area contributed by atoms with Gasteiger partial charge in [0.15, 0.2) is 0 Å². The molecule has 0 N–H and O–H groups in total. The number of carbonyl (C=O) groups is 1. The molecule has 0 atom stereocenters. The number of hydrogen-bond donors (Lipinski definition) is 0. The van der Waals surface area contributed by atoms with Crippen LogP contribution in [0.15, 0.2) is 83.8 Å². The van der Waals surface area contributed by atoms with Crippen LogP contribution in [0.2, 0.25) is 0 Å². The maximum absolute atomic E-state index is 13.3. The predicted octanol–water partition coefficient (Wildman–Crippen LogP) is 7.91. The molecule has 0 saturated carbocycles. The highest BCUT2D eigenvalue weighted by Gasteiger charge is 2.17. The third kappa shape index (κ3) is 10.8. The molecule has 0 heterocycles. The van der Waals surface area contributed by atoms with Crippen molar-refractivity contribution >= 4 is 21.9 Å². The molecule has 0 aromatic heterocycles. The summed E-state index contributed by atoms with van der Waals surface area (Å²) in [6, 6.07) is 6.57. The number of ether oxygens (including phenoxy) is 1. The molecule has 0 radical (unpaired) electrons. The quantitative estimate of drug-likeness (QED) is 0.121. The van der Waals surface area contributed by atoms with E-state index in [1.807, 2.05) is 46.8 Å². The zero-order valence-corrected chi connectivity index (χ0v) is 22.5. The van der Waals surface area contributed by atoms with Crippen molar-refractivity contribution in [1.29, 1.82) is 0 Å². The van der Waals surface area contributed by atoms with E-state index in [9.17, 15) is 9.18 Å². The fourth-order valence-electron chi connectivity index (χ4n) is 3.15. The van der Waals surface area contributed by atoms with E-state index in [1.54, 1.807) is 18.2 Å². The first-order valence-corrected chi connectivity index (χ1v) is 12.6. The Labute approximate surface area is 208 Å². The van der Waals surface area contributed by atoms with Crippen molar-refractivity contribution in [3.05, 3.63) is 95.1 Å². The molecule has 33 heavy (non-hydrogen) atoms. The maximum Gasteiger partial charge on any atom is 0.337 e. The summed E-state index contributed by atoms with van der Waals surface area (Å²) in [5, 5.41) is 0.821. The van der Waals surface area contributed by atoms with Gasteiger partial charge in [-0.15, -0.1) is 0 Å². The summed E-state index contributed by atoms with van der Waals surface area (Å²) in [4.78, 5) is 14.4. The first-order valence-electron chi connectivity index (χ1n) is 11.5. The van der Waals surface area contributed by atoms with Gasteiger partial charge in [-0.2, -0.15) is 0 Å². The number of halogens is 2. The lowest BCUT2D eigenvalue weighted by atomic mass is 10.0. The lowest BCUT2D eigenvalue weighted by Gasteiger charge is -2.30. The average Bonchev–Trinajstić information content (AvgIpc) is 2.84. The Morgan fingerprint density at radius 2 is 1.82 bits per heavy atom. The number of rotatable bonds is 12. The number of carbonyl (C=O) groups excluding carboxylic acids is 1. The van der Waals surface area contributed by atoms with Gasteiger partial charge in [-0.1, -0.05) is 79.7 Å². The van der Waals surface area contributed by atoms with Gasteiger partial charge < -0.3 is 9.64 Å². The Morgan fingerprint density at radius 1 is 1.18 bits per heavy atom. The summed E-state index contributed by atoms with van der Waals surface area (Å²) >= 11 is 3.53. The molecule has 1 aromatic rings. The smallest absolute Gasteiger partial charge is 0.337 e. The number of methoxy groups -OCH3 is 1. The lowest BCUT2D eigenvalue weighted by Crippen LogP contribution is -2.26. The molecule has 0 saturated heterocycles. The fraction of sp³-hybridized carbons (Fsp3) is 0.393. The second-order valence-electron chi connectivity index (χ2n) is 6.85. The second kappa shape index (κ2) is 18.1. The van der Waals surface area contributed by atoms with Crippen LogP contribution in [-0.2, 0) is 16.0 Å². The van der Waals surface area contributed by atoms with Crippen molar-refractivity contribution in [3.63, 3.8) is 0 Å². The normalized spacial score (nSPS) is 12.3. The summed E-state index contributed by atoms with van der Waals surface area (Å²) in [7, 11) is 1.38. The molecule has 0 aliphatic carbocycles. The average molecular weight is 521 g/mol. The molecule has 0 unspecified atom stereocenters. The van der Waals surface area contributed by atoms with Gasteiger partial charge >= 0.3 is 5.97 Å². The van der Waals surface area contributed by atoms with Crippen LogP contribution in [0, 0.1) is 5.82 Å². The van der Waals surface area contributed by atoms with Crippen molar-refractivity contribution in [2.75, 3.05) is 19.0 Å². The zero-order chi connectivity index (χ0) is 25.2. The number of alkyl halides is 1. The number of allylic oxidation sites excluding steroid dienone is 5. The third-order valence-corrected chi connectivity index (χ3v) is 5.13. The summed E-state index contributed by atoms with van der Waals surface area (Å²) in [6.07, 6.45) is 11.9. The zero-order valence-electron chi connectivity index (χ0n) is 21.0. The minimum Gasteiger partial charge on any atom is -0.465 e. The molecule has 0 aliphatic rings. The van der Waals surface area contributed by atoms with Crippen molar-refractivity contribution in [3.8, 4) is 0 Å². The molecule has 0 bridgehead atoms. The largest absolute Gasteiger partial charge is 0.465 e. The topological polar surface area (TPSA) is 29.5 Å². The van der Waals surface area contributed by atoms with Gasteiger partial charge in [0.05, 0.1) is 12.7 Å². The van der Waals surface area contributed by atoms with Crippen LogP contribution >= 0.6 is 15.9 Å². The van der Waals surface area contributed by atoms with Gasteiger partial charge in [0.25, 0.3) is 0 Å². The lowest BCUT2D eigenvalue weighted by molar-refractivity contribution is -0.135. The van der Waals surface area contributed by atoms with Crippen LogP contribution < -0.4 is 0 Å². The van der Waals surface area contributed by atoms with Crippen molar-refractivity contribution in [1.82, 2.24) is 4.90 Å². The van der Waals surface area contributed by atoms with Crippen LogP contribution in [0.25, 0.3) is 0 Å². The third-order valence-electron chi connectivity index (χ3n) is 4.73. The van der Waals surface area contributed by atoms with Gasteiger partial charge in [0.1, 0.15) is 5.82 Å². The Kier molecular flexibility index (Phi) is 16.8. The molecular formula is C28H39BrFNO2. The second-order valence-corrected chi connectivity index (χ2v) is 7.65. The number of benzene rings is 1. The Hall–Kier alpha value is -2.40. The van der Waals surface area contributed by atoms with E-state index in [4.69, 9.17) is 4.74 Å². The maximum atomic E-state index is 13.3. The predicted molar refractivity (Wildman–Crippen MR) is 143 cm³/mol. The van der Waals surface area contributed by atoms with E-state index in [0.717, 1.165) is 47.1 Å². The number of nitrogens with zero attached hydrogens (tertiary/aromatic N) is 1. The van der Waals surface area contributed by atoms with Crippen LogP contribution in [0.5, 0.6) is 0 Å². The molecule has 1 aromatic carbocycles.